The number of fused-ring (bicyclic) bond motifs is 2. The van der Waals surface area contributed by atoms with Crippen molar-refractivity contribution in [3.8, 4) is 11.5 Å². The monoisotopic (exact) mass is 372 g/mol. The molecule has 1 N–H and O–H groups in total. The van der Waals surface area contributed by atoms with Gasteiger partial charge in [-0.05, 0) is 75.2 Å². The molecule has 2 aliphatic heterocycles. The minimum absolute atomic E-state index is 0.141. The number of rotatable bonds is 7. The van der Waals surface area contributed by atoms with E-state index in [1.807, 2.05) is 12.1 Å². The van der Waals surface area contributed by atoms with Crippen molar-refractivity contribution in [3.05, 3.63) is 17.7 Å². The van der Waals surface area contributed by atoms with Gasteiger partial charge in [0.2, 0.25) is 5.91 Å². The largest absolute Gasteiger partial charge is 0.493 e. The van der Waals surface area contributed by atoms with E-state index in [1.165, 1.54) is 19.3 Å². The third-order valence-corrected chi connectivity index (χ3v) is 6.41. The molecule has 3 aliphatic rings. The Morgan fingerprint density at radius 3 is 2.59 bits per heavy atom. The first kappa shape index (κ1) is 18.6. The Kier molecular flexibility index (Phi) is 5.06. The zero-order valence-corrected chi connectivity index (χ0v) is 16.8. The number of nitrogens with one attached hydrogen (secondary N) is 1. The van der Waals surface area contributed by atoms with Crippen LogP contribution in [0.5, 0.6) is 11.5 Å². The van der Waals surface area contributed by atoms with Crippen LogP contribution in [-0.4, -0.2) is 44.2 Å². The third-order valence-electron chi connectivity index (χ3n) is 6.41. The van der Waals surface area contributed by atoms with E-state index < -0.39 is 5.41 Å². The van der Waals surface area contributed by atoms with Gasteiger partial charge in [0.15, 0.2) is 11.5 Å². The van der Waals surface area contributed by atoms with Gasteiger partial charge < -0.3 is 19.7 Å². The normalized spacial score (nSPS) is 21.4. The first-order valence-corrected chi connectivity index (χ1v) is 10.4. The maximum absolute atomic E-state index is 13.0. The number of hydrogen-bond acceptors (Lipinski definition) is 4. The molecule has 5 nitrogen and oxygen atoms in total. The van der Waals surface area contributed by atoms with Crippen LogP contribution in [0.3, 0.4) is 0 Å². The molecule has 4 rings (SSSR count). The number of benzene rings is 1. The number of ether oxygens (including phenoxy) is 2. The molecule has 2 heterocycles. The van der Waals surface area contributed by atoms with E-state index in [4.69, 9.17) is 9.47 Å². The van der Waals surface area contributed by atoms with E-state index in [-0.39, 0.29) is 5.91 Å². The van der Waals surface area contributed by atoms with Crippen LogP contribution in [-0.2, 0) is 10.2 Å². The number of amides is 1. The van der Waals surface area contributed by atoms with Crippen LogP contribution in [0.1, 0.15) is 51.5 Å². The van der Waals surface area contributed by atoms with Crippen LogP contribution in [0.2, 0.25) is 0 Å². The van der Waals surface area contributed by atoms with Crippen LogP contribution >= 0.6 is 0 Å². The molecule has 1 saturated heterocycles. The maximum Gasteiger partial charge on any atom is 0.235 e. The van der Waals surface area contributed by atoms with Crippen molar-refractivity contribution in [2.24, 2.45) is 11.8 Å². The molecule has 5 heteroatoms. The number of anilines is 1. The Morgan fingerprint density at radius 1 is 1.22 bits per heavy atom. The smallest absolute Gasteiger partial charge is 0.235 e. The van der Waals surface area contributed by atoms with Crippen LogP contribution in [0.15, 0.2) is 12.1 Å². The highest BCUT2D eigenvalue weighted by molar-refractivity contribution is 6.06. The molecule has 0 radical (unpaired) electrons. The van der Waals surface area contributed by atoms with Crippen molar-refractivity contribution in [2.45, 2.75) is 51.4 Å². The summed E-state index contributed by atoms with van der Waals surface area (Å²) >= 11 is 0. The van der Waals surface area contributed by atoms with E-state index in [0.29, 0.717) is 5.92 Å². The van der Waals surface area contributed by atoms with Gasteiger partial charge in [-0.1, -0.05) is 13.8 Å². The van der Waals surface area contributed by atoms with E-state index in [9.17, 15) is 4.79 Å². The number of carbonyl (C=O) groups excluding carboxylic acids is 1. The Bertz CT molecular complexity index is 704. The average Bonchev–Trinajstić information content (AvgIpc) is 3.45. The summed E-state index contributed by atoms with van der Waals surface area (Å²) in [5.74, 6) is 3.03. The van der Waals surface area contributed by atoms with Crippen molar-refractivity contribution in [1.82, 2.24) is 4.90 Å². The number of hydrogen-bond donors (Lipinski definition) is 1. The summed E-state index contributed by atoms with van der Waals surface area (Å²) in [6, 6.07) is 4.01. The van der Waals surface area contributed by atoms with Crippen molar-refractivity contribution in [3.63, 3.8) is 0 Å². The second kappa shape index (κ2) is 7.34. The Labute approximate surface area is 162 Å². The van der Waals surface area contributed by atoms with E-state index in [0.717, 1.165) is 67.8 Å². The highest BCUT2D eigenvalue weighted by Crippen LogP contribution is 2.49. The Morgan fingerprint density at radius 2 is 1.96 bits per heavy atom. The van der Waals surface area contributed by atoms with E-state index >= 15 is 0 Å². The van der Waals surface area contributed by atoms with Crippen molar-refractivity contribution in [1.29, 1.82) is 0 Å². The Balaban J connectivity index is 1.52. The highest BCUT2D eigenvalue weighted by Gasteiger charge is 2.49. The van der Waals surface area contributed by atoms with Crippen molar-refractivity contribution < 1.29 is 14.3 Å². The molecule has 148 valence electrons. The number of nitrogens with zero attached hydrogens (tertiary/aromatic N) is 1. The summed E-state index contributed by atoms with van der Waals surface area (Å²) in [4.78, 5) is 15.5. The summed E-state index contributed by atoms with van der Waals surface area (Å²) in [7, 11) is 1.68. The van der Waals surface area contributed by atoms with Gasteiger partial charge in [-0.3, -0.25) is 4.79 Å². The lowest BCUT2D eigenvalue weighted by molar-refractivity contribution is -0.122. The zero-order chi connectivity index (χ0) is 19.0. The predicted molar refractivity (Wildman–Crippen MR) is 107 cm³/mol. The van der Waals surface area contributed by atoms with Gasteiger partial charge in [-0.25, -0.2) is 0 Å². The lowest BCUT2D eigenvalue weighted by atomic mass is 9.73. The lowest BCUT2D eigenvalue weighted by Gasteiger charge is -2.38. The molecule has 0 unspecified atom stereocenters. The van der Waals surface area contributed by atoms with Crippen LogP contribution < -0.4 is 14.8 Å². The molecule has 1 aromatic carbocycles. The fourth-order valence-electron chi connectivity index (χ4n) is 4.28. The van der Waals surface area contributed by atoms with Gasteiger partial charge in [0.05, 0.1) is 19.1 Å². The molecule has 1 aromatic rings. The summed E-state index contributed by atoms with van der Waals surface area (Å²) in [5.41, 5.74) is 1.58. The standard InChI is InChI=1S/C22H32N2O3/c1-15(2)6-9-24-10-7-22(8-11-24)17-12-19(26-3)20(27-14-16-4-5-16)13-18(17)23-21(22)25/h12-13,15-16H,4-11,14H2,1-3H3,(H,23,25). The summed E-state index contributed by atoms with van der Waals surface area (Å²) in [6.45, 7) is 8.34. The quantitative estimate of drug-likeness (QED) is 0.791. The molecule has 27 heavy (non-hydrogen) atoms. The second-order valence-electron chi connectivity index (χ2n) is 8.86. The number of likely N-dealkylation sites (tertiary alicyclic amines) is 1. The number of piperidine rings is 1. The number of carbonyl (C=O) groups is 1. The fourth-order valence-corrected chi connectivity index (χ4v) is 4.28. The summed E-state index contributed by atoms with van der Waals surface area (Å²) in [5, 5.41) is 3.12. The molecule has 0 aromatic heterocycles. The molecule has 0 atom stereocenters. The van der Waals surface area contributed by atoms with E-state index in [2.05, 4.69) is 24.1 Å². The second-order valence-corrected chi connectivity index (χ2v) is 8.86. The summed E-state index contributed by atoms with van der Waals surface area (Å²) < 4.78 is 11.6. The predicted octanol–water partition coefficient (Wildman–Crippen LogP) is 3.82. The van der Waals surface area contributed by atoms with Crippen LogP contribution in [0.4, 0.5) is 5.69 Å². The zero-order valence-electron chi connectivity index (χ0n) is 16.8. The van der Waals surface area contributed by atoms with Gasteiger partial charge in [0, 0.05) is 11.8 Å². The lowest BCUT2D eigenvalue weighted by Crippen LogP contribution is -2.46. The Hall–Kier alpha value is -1.75. The topological polar surface area (TPSA) is 50.8 Å². The fraction of sp³-hybridized carbons (Fsp3) is 0.682. The first-order valence-electron chi connectivity index (χ1n) is 10.4. The molecule has 1 spiro atoms. The molecule has 1 aliphatic carbocycles. The molecule has 2 fully saturated rings. The van der Waals surface area contributed by atoms with Gasteiger partial charge in [0.25, 0.3) is 0 Å². The van der Waals surface area contributed by atoms with Crippen molar-refractivity contribution >= 4 is 11.6 Å². The molecular formula is C22H32N2O3. The first-order chi connectivity index (χ1) is 13.0. The minimum Gasteiger partial charge on any atom is -0.493 e. The highest BCUT2D eigenvalue weighted by atomic mass is 16.5. The van der Waals surface area contributed by atoms with Crippen LogP contribution in [0, 0.1) is 11.8 Å². The van der Waals surface area contributed by atoms with Gasteiger partial charge in [-0.2, -0.15) is 0 Å². The van der Waals surface area contributed by atoms with E-state index in [1.54, 1.807) is 7.11 Å². The molecule has 1 amide bonds. The van der Waals surface area contributed by atoms with Crippen molar-refractivity contribution in [2.75, 3.05) is 38.7 Å². The summed E-state index contributed by atoms with van der Waals surface area (Å²) in [6.07, 6.45) is 5.46. The van der Waals surface area contributed by atoms with Gasteiger partial charge in [-0.15, -0.1) is 0 Å². The number of methoxy groups -OCH3 is 1. The minimum atomic E-state index is -0.411. The SMILES string of the molecule is COc1cc2c(cc1OCC1CC1)NC(=O)C21CCN(CCC(C)C)CC1. The molecule has 1 saturated carbocycles. The van der Waals surface area contributed by atoms with Crippen LogP contribution in [0.25, 0.3) is 0 Å². The third kappa shape index (κ3) is 3.66. The average molecular weight is 373 g/mol. The van der Waals surface area contributed by atoms with Gasteiger partial charge >= 0.3 is 0 Å². The molecule has 0 bridgehead atoms. The molecular weight excluding hydrogens is 340 g/mol. The van der Waals surface area contributed by atoms with Gasteiger partial charge in [0.1, 0.15) is 0 Å². The maximum atomic E-state index is 13.0.